The van der Waals surface area contributed by atoms with Gasteiger partial charge < -0.3 is 5.32 Å². The highest BCUT2D eigenvalue weighted by Gasteiger charge is 2.24. The maximum absolute atomic E-state index is 3.61. The van der Waals surface area contributed by atoms with Gasteiger partial charge in [0.05, 0.1) is 0 Å². The molecule has 2 heteroatoms. The van der Waals surface area contributed by atoms with E-state index >= 15 is 0 Å². The number of hydrogen-bond acceptors (Lipinski definition) is 2. The molecule has 0 radical (unpaired) electrons. The molecule has 1 N–H and O–H groups in total. The first-order chi connectivity index (χ1) is 8.46. The Morgan fingerprint density at radius 2 is 2.06 bits per heavy atom. The Morgan fingerprint density at radius 1 is 1.33 bits per heavy atom. The van der Waals surface area contributed by atoms with Crippen LogP contribution < -0.4 is 5.32 Å². The van der Waals surface area contributed by atoms with Gasteiger partial charge in [-0.2, -0.15) is 0 Å². The third-order valence-electron chi connectivity index (χ3n) is 3.47. The summed E-state index contributed by atoms with van der Waals surface area (Å²) >= 11 is 2.02. The molecule has 18 heavy (non-hydrogen) atoms. The fourth-order valence-electron chi connectivity index (χ4n) is 2.47. The number of nitrogens with one attached hydrogen (secondary N) is 1. The summed E-state index contributed by atoms with van der Waals surface area (Å²) < 4.78 is 0. The molecule has 2 unspecified atom stereocenters. The summed E-state index contributed by atoms with van der Waals surface area (Å²) in [7, 11) is 0. The van der Waals surface area contributed by atoms with Crippen LogP contribution in [0.4, 0.5) is 0 Å². The summed E-state index contributed by atoms with van der Waals surface area (Å²) in [5, 5.41) is 3.61. The zero-order chi connectivity index (χ0) is 13.2. The maximum Gasteiger partial charge on any atom is 0.0107 e. The molecule has 0 bridgehead atoms. The van der Waals surface area contributed by atoms with Crippen LogP contribution in [0.3, 0.4) is 0 Å². The Bertz CT molecular complexity index is 394. The molecule has 0 saturated carbocycles. The molecule has 0 spiro atoms. The fourth-order valence-corrected chi connectivity index (χ4v) is 3.75. The van der Waals surface area contributed by atoms with Crippen molar-refractivity contribution < 1.29 is 0 Å². The van der Waals surface area contributed by atoms with Crippen molar-refractivity contribution in [1.82, 2.24) is 5.32 Å². The predicted octanol–water partition coefficient (Wildman–Crippen LogP) is 4.29. The molecule has 1 aromatic rings. The van der Waals surface area contributed by atoms with Crippen molar-refractivity contribution in [2.45, 2.75) is 50.5 Å². The molecule has 0 fully saturated rings. The lowest BCUT2D eigenvalue weighted by molar-refractivity contribution is 0.363. The van der Waals surface area contributed by atoms with Crippen LogP contribution >= 0.6 is 11.8 Å². The van der Waals surface area contributed by atoms with E-state index in [4.69, 9.17) is 0 Å². The van der Waals surface area contributed by atoms with E-state index in [2.05, 4.69) is 57.3 Å². The quantitative estimate of drug-likeness (QED) is 0.869. The van der Waals surface area contributed by atoms with E-state index in [-0.39, 0.29) is 5.54 Å². The monoisotopic (exact) mass is 263 g/mol. The lowest BCUT2D eigenvalue weighted by Gasteiger charge is -2.25. The highest BCUT2D eigenvalue weighted by molar-refractivity contribution is 7.99. The lowest BCUT2D eigenvalue weighted by atomic mass is 9.91. The van der Waals surface area contributed by atoms with E-state index in [0.29, 0.717) is 0 Å². The van der Waals surface area contributed by atoms with E-state index in [1.165, 1.54) is 17.1 Å². The minimum Gasteiger partial charge on any atom is -0.312 e. The molecule has 2 rings (SSSR count). The van der Waals surface area contributed by atoms with Gasteiger partial charge in [-0.25, -0.2) is 0 Å². The standard InChI is InChI=1S/C16H25NS/c1-12(10-17-16(2,3)4)9-13-11-18-15-8-6-5-7-14(13)15/h5-8,12-13,17H,9-11H2,1-4H3. The van der Waals surface area contributed by atoms with Crippen LogP contribution in [0.5, 0.6) is 0 Å². The van der Waals surface area contributed by atoms with Crippen LogP contribution in [0.15, 0.2) is 29.2 Å². The summed E-state index contributed by atoms with van der Waals surface area (Å²) in [5.41, 5.74) is 1.81. The van der Waals surface area contributed by atoms with E-state index in [9.17, 15) is 0 Å². The third kappa shape index (κ3) is 3.76. The van der Waals surface area contributed by atoms with E-state index in [1.54, 1.807) is 5.56 Å². The lowest BCUT2D eigenvalue weighted by Crippen LogP contribution is -2.38. The minimum absolute atomic E-state index is 0.233. The van der Waals surface area contributed by atoms with Gasteiger partial charge >= 0.3 is 0 Å². The van der Waals surface area contributed by atoms with Gasteiger partial charge in [0.2, 0.25) is 0 Å². The van der Waals surface area contributed by atoms with Crippen molar-refractivity contribution in [2.24, 2.45) is 5.92 Å². The van der Waals surface area contributed by atoms with Gasteiger partial charge in [-0.15, -0.1) is 11.8 Å². The average Bonchev–Trinajstić information content (AvgIpc) is 2.70. The Morgan fingerprint density at radius 3 is 2.78 bits per heavy atom. The van der Waals surface area contributed by atoms with Crippen molar-refractivity contribution in [2.75, 3.05) is 12.3 Å². The molecule has 0 aliphatic carbocycles. The van der Waals surface area contributed by atoms with Gasteiger partial charge in [0.25, 0.3) is 0 Å². The second kappa shape index (κ2) is 5.66. The maximum atomic E-state index is 3.61. The van der Waals surface area contributed by atoms with E-state index < -0.39 is 0 Å². The van der Waals surface area contributed by atoms with E-state index in [0.717, 1.165) is 18.4 Å². The highest BCUT2D eigenvalue weighted by Crippen LogP contribution is 2.42. The molecule has 2 atom stereocenters. The summed E-state index contributed by atoms with van der Waals surface area (Å²) in [6.07, 6.45) is 1.30. The third-order valence-corrected chi connectivity index (χ3v) is 4.72. The van der Waals surface area contributed by atoms with Gasteiger partial charge in [0.15, 0.2) is 0 Å². The largest absolute Gasteiger partial charge is 0.312 e. The van der Waals surface area contributed by atoms with Crippen LogP contribution in [0.25, 0.3) is 0 Å². The number of fused-ring (bicyclic) bond motifs is 1. The van der Waals surface area contributed by atoms with Gasteiger partial charge in [-0.3, -0.25) is 0 Å². The Balaban J connectivity index is 1.88. The molecule has 1 aliphatic rings. The van der Waals surface area contributed by atoms with Gasteiger partial charge in [-0.1, -0.05) is 25.1 Å². The van der Waals surface area contributed by atoms with Crippen LogP contribution in [0, 0.1) is 5.92 Å². The van der Waals surface area contributed by atoms with Crippen LogP contribution in [0.2, 0.25) is 0 Å². The average molecular weight is 263 g/mol. The van der Waals surface area contributed by atoms with Gasteiger partial charge in [-0.05, 0) is 57.2 Å². The Labute approximate surface area is 116 Å². The number of hydrogen-bond donors (Lipinski definition) is 1. The number of benzene rings is 1. The van der Waals surface area contributed by atoms with E-state index in [1.807, 2.05) is 11.8 Å². The van der Waals surface area contributed by atoms with Crippen LogP contribution in [0.1, 0.15) is 45.6 Å². The van der Waals surface area contributed by atoms with Crippen molar-refractivity contribution in [3.63, 3.8) is 0 Å². The van der Waals surface area contributed by atoms with Gasteiger partial charge in [0, 0.05) is 16.2 Å². The fraction of sp³-hybridized carbons (Fsp3) is 0.625. The minimum atomic E-state index is 0.233. The molecular weight excluding hydrogens is 238 g/mol. The molecule has 1 nitrogen and oxygen atoms in total. The summed E-state index contributed by atoms with van der Waals surface area (Å²) in [6, 6.07) is 8.90. The Hall–Kier alpha value is -0.470. The molecule has 1 heterocycles. The molecule has 1 aromatic carbocycles. The SMILES string of the molecule is CC(CNC(C)(C)C)CC1CSc2ccccc21. The molecular formula is C16H25NS. The topological polar surface area (TPSA) is 12.0 Å². The van der Waals surface area contributed by atoms with Crippen molar-refractivity contribution in [3.8, 4) is 0 Å². The first-order valence-electron chi connectivity index (χ1n) is 6.92. The van der Waals surface area contributed by atoms with Crippen LogP contribution in [-0.4, -0.2) is 17.8 Å². The Kier molecular flexibility index (Phi) is 4.39. The summed E-state index contributed by atoms with van der Waals surface area (Å²) in [5.74, 6) is 2.75. The predicted molar refractivity (Wildman–Crippen MR) is 81.4 cm³/mol. The molecule has 0 amide bonds. The molecule has 0 saturated heterocycles. The summed E-state index contributed by atoms with van der Waals surface area (Å²) in [4.78, 5) is 1.50. The van der Waals surface area contributed by atoms with Crippen molar-refractivity contribution in [3.05, 3.63) is 29.8 Å². The highest BCUT2D eigenvalue weighted by atomic mass is 32.2. The molecule has 0 aromatic heterocycles. The normalized spacial score (nSPS) is 20.8. The van der Waals surface area contributed by atoms with Crippen molar-refractivity contribution in [1.29, 1.82) is 0 Å². The zero-order valence-electron chi connectivity index (χ0n) is 12.0. The first kappa shape index (κ1) is 14.0. The smallest absolute Gasteiger partial charge is 0.0107 e. The number of rotatable bonds is 4. The van der Waals surface area contributed by atoms with Gasteiger partial charge in [0.1, 0.15) is 0 Å². The zero-order valence-corrected chi connectivity index (χ0v) is 12.8. The van der Waals surface area contributed by atoms with Crippen LogP contribution in [-0.2, 0) is 0 Å². The second-order valence-electron chi connectivity index (χ2n) is 6.52. The first-order valence-corrected chi connectivity index (χ1v) is 7.91. The second-order valence-corrected chi connectivity index (χ2v) is 7.58. The molecule has 1 aliphatic heterocycles. The number of thioether (sulfide) groups is 1. The summed E-state index contributed by atoms with van der Waals surface area (Å²) in [6.45, 7) is 10.2. The molecule has 100 valence electrons. The van der Waals surface area contributed by atoms with Crippen molar-refractivity contribution >= 4 is 11.8 Å².